The molecule has 3 aromatic carbocycles. The fraction of sp³-hybridized carbons (Fsp3) is 0.378. The number of halogens is 1. The number of aromatic amines is 1. The second-order valence-electron chi connectivity index (χ2n) is 14.3. The van der Waals surface area contributed by atoms with Crippen LogP contribution in [0.4, 0.5) is 17.1 Å². The highest BCUT2D eigenvalue weighted by Crippen LogP contribution is 2.43. The average molecular weight is 891 g/mol. The summed E-state index contributed by atoms with van der Waals surface area (Å²) in [6, 6.07) is 0.883. The summed E-state index contributed by atoms with van der Waals surface area (Å²) in [5, 5.41) is 14.4. The number of piperazine rings is 1. The minimum atomic E-state index is -5.44. The zero-order chi connectivity index (χ0) is 62.1. The van der Waals surface area contributed by atoms with Gasteiger partial charge in [-0.15, -0.1) is 0 Å². The van der Waals surface area contributed by atoms with Gasteiger partial charge in [-0.1, -0.05) is 43.1 Å². The maximum Gasteiger partial charge on any atom is 0.293 e. The number of anilines is 2. The largest absolute Gasteiger partial charge is 0.455 e. The molecule has 2 aliphatic heterocycles. The number of rotatable bonds is 13. The second kappa shape index (κ2) is 17.9. The van der Waals surface area contributed by atoms with E-state index in [0.29, 0.717) is 6.07 Å². The molecule has 8 rings (SSSR count). The van der Waals surface area contributed by atoms with Crippen molar-refractivity contribution < 1.29 is 57.8 Å². The molecule has 14 nitrogen and oxygen atoms in total. The highest BCUT2D eigenvalue weighted by atomic mass is 35.5. The van der Waals surface area contributed by atoms with Crippen LogP contribution in [0.1, 0.15) is 92.0 Å². The van der Waals surface area contributed by atoms with Crippen LogP contribution in [-0.2, 0) is 14.8 Å². The van der Waals surface area contributed by atoms with Crippen LogP contribution in [0, 0.1) is 21.4 Å². The molecular formula is C45H50ClN7O7S. The lowest BCUT2D eigenvalue weighted by Gasteiger charge is -2.39. The molecule has 0 saturated carbocycles. The summed E-state index contributed by atoms with van der Waals surface area (Å²) < 4.78 is 239. The van der Waals surface area contributed by atoms with Crippen molar-refractivity contribution in [2.24, 2.45) is 11.3 Å². The quantitative estimate of drug-likeness (QED) is 0.0763. The van der Waals surface area contributed by atoms with E-state index in [1.807, 2.05) is 0 Å². The van der Waals surface area contributed by atoms with Gasteiger partial charge in [0.2, 0.25) is 0 Å². The molecule has 61 heavy (non-hydrogen) atoms. The Morgan fingerprint density at radius 1 is 1.16 bits per heavy atom. The summed E-state index contributed by atoms with van der Waals surface area (Å²) in [5.41, 5.74) is -7.05. The third-order valence-electron chi connectivity index (χ3n) is 9.71. The number of ether oxygens (including phenoxy) is 2. The number of fused-ring (bicyclic) bond motifs is 1. The van der Waals surface area contributed by atoms with Crippen LogP contribution in [0.2, 0.25) is 5.02 Å². The Balaban J connectivity index is 1.29. The number of allylic oxidation sites excluding steroid dienone is 1. The number of nitro groups is 1. The highest BCUT2D eigenvalue weighted by molar-refractivity contribution is 7.90. The summed E-state index contributed by atoms with van der Waals surface area (Å²) in [6.45, 7) is -23.6. The van der Waals surface area contributed by atoms with Crippen LogP contribution in [0.5, 0.6) is 11.5 Å². The minimum Gasteiger partial charge on any atom is -0.455 e. The molecule has 2 saturated heterocycles. The third-order valence-corrected chi connectivity index (χ3v) is 11.3. The number of nitrogens with zero attached hydrogens (tertiary/aromatic N) is 4. The molecule has 2 aromatic heterocycles. The predicted octanol–water partition coefficient (Wildman–Crippen LogP) is 8.66. The lowest BCUT2D eigenvalue weighted by Crippen LogP contribution is -2.47. The Morgan fingerprint density at radius 3 is 2.70 bits per heavy atom. The van der Waals surface area contributed by atoms with E-state index >= 15 is 0 Å². The third kappa shape index (κ3) is 10.0. The van der Waals surface area contributed by atoms with Gasteiger partial charge in [0.15, 0.2) is 0 Å². The number of benzene rings is 3. The van der Waals surface area contributed by atoms with Gasteiger partial charge in [0, 0.05) is 102 Å². The van der Waals surface area contributed by atoms with Crippen molar-refractivity contribution >= 4 is 61.2 Å². The number of pyridine rings is 1. The van der Waals surface area contributed by atoms with Crippen molar-refractivity contribution in [3.63, 3.8) is 0 Å². The topological polar surface area (TPSA) is 172 Å². The SMILES string of the molecule is [2H]c1nc2[nH]c([2H])c([2H])c2c([2H])c1Oc1c([2H])c(N2C([2H])([2H])C([2H])([2H])N(C([2H])([2H])C3=C(c4ccc(Cl)cc4)CC(C)(C([2H])([2H])[2H])CC3)C([2H])([2H])C2([2H])[2H])c([2H])c([2H])c1C(=O)NS(=O)(=O)c1ccc(NC([2H])([2H])C2CCOCC2)c([N+](=O)[O-])c1. The van der Waals surface area contributed by atoms with E-state index in [9.17, 15) is 41.1 Å². The van der Waals surface area contributed by atoms with Crippen molar-refractivity contribution in [2.75, 3.05) is 62.4 Å². The van der Waals surface area contributed by atoms with Crippen molar-refractivity contribution in [3.05, 3.63) is 117 Å². The van der Waals surface area contributed by atoms with Crippen LogP contribution in [0.3, 0.4) is 0 Å². The first-order chi connectivity index (χ1) is 38.0. The average Bonchev–Trinajstić information content (AvgIpc) is 1.08. The molecule has 0 bridgehead atoms. The summed E-state index contributed by atoms with van der Waals surface area (Å²) in [6.07, 6.45) is -2.56. The van der Waals surface area contributed by atoms with Crippen LogP contribution in [0.25, 0.3) is 16.6 Å². The van der Waals surface area contributed by atoms with Gasteiger partial charge >= 0.3 is 0 Å². The standard InChI is InChI=1S/C45H50ClN7O7S/c1-45(2)15-11-33(39(26-45)31-3-5-34(46)6-4-31)29-51-17-19-52(20-18-51)35-7-9-38(42(24-35)60-36-23-32-12-16-47-43(32)49-28-36)44(54)50-61(57,58)37-8-10-40(41(25-37)53(55)56)48-27-30-13-21-59-22-14-30/h3-10,12,16,23-25,28,30,48H,11,13-15,17-22,26-27,29H2,1-2H3,(H,47,49)(H,50,54)/i1D3,7D,9D,12D,16D,17D2,18D2,19D2,20D2,23D,24D,27D2,28D,29D2. The first-order valence-corrected chi connectivity index (χ1v) is 20.4. The Bertz CT molecular complexity index is 3610. The van der Waals surface area contributed by atoms with Gasteiger partial charge in [0.05, 0.1) is 36.6 Å². The van der Waals surface area contributed by atoms with Crippen LogP contribution < -0.4 is 19.7 Å². The molecule has 16 heteroatoms. The zero-order valence-electron chi connectivity index (χ0n) is 54.0. The van der Waals surface area contributed by atoms with Crippen molar-refractivity contribution in [2.45, 2.75) is 50.8 Å². The highest BCUT2D eigenvalue weighted by Gasteiger charge is 2.31. The van der Waals surface area contributed by atoms with Crippen molar-refractivity contribution in [1.82, 2.24) is 19.6 Å². The number of hydrogen-bond donors (Lipinski definition) is 3. The Labute approximate surface area is 391 Å². The number of sulfonamides is 1. The molecular weight excluding hydrogens is 818 g/mol. The summed E-state index contributed by atoms with van der Waals surface area (Å²) in [7, 11) is -5.44. The molecule has 2 fully saturated rings. The predicted molar refractivity (Wildman–Crippen MR) is 237 cm³/mol. The number of carbonyl (C=O) groups excluding carboxylic acids is 1. The number of hydrogen-bond acceptors (Lipinski definition) is 11. The van der Waals surface area contributed by atoms with E-state index in [1.54, 1.807) is 0 Å². The van der Waals surface area contributed by atoms with Gasteiger partial charge in [0.1, 0.15) is 22.8 Å². The van der Waals surface area contributed by atoms with Gasteiger partial charge in [-0.3, -0.25) is 19.8 Å². The van der Waals surface area contributed by atoms with E-state index in [0.717, 1.165) is 12.1 Å². The molecule has 1 atom stereocenters. The number of aromatic nitrogens is 2. The summed E-state index contributed by atoms with van der Waals surface area (Å²) >= 11 is 6.14. The van der Waals surface area contributed by atoms with E-state index in [1.165, 1.54) is 35.9 Å². The first-order valence-electron chi connectivity index (χ1n) is 29.6. The molecule has 1 aliphatic carbocycles. The number of nitrogens with one attached hydrogen (secondary N) is 3. The van der Waals surface area contributed by atoms with Crippen LogP contribution in [-0.4, -0.2) is 86.3 Å². The normalized spacial score (nSPS) is 28.5. The molecule has 0 spiro atoms. The lowest BCUT2D eigenvalue weighted by atomic mass is 9.72. The van der Waals surface area contributed by atoms with E-state index < -0.39 is 194 Å². The molecule has 3 aliphatic rings. The first kappa shape index (κ1) is 23.1. The fourth-order valence-electron chi connectivity index (χ4n) is 6.51. The molecule has 1 unspecified atom stereocenters. The number of carbonyl (C=O) groups is 1. The van der Waals surface area contributed by atoms with Crippen molar-refractivity contribution in [3.8, 4) is 11.5 Å². The van der Waals surface area contributed by atoms with Gasteiger partial charge < -0.3 is 24.7 Å². The maximum atomic E-state index is 14.5. The Kier molecular flexibility index (Phi) is 6.76. The van der Waals surface area contributed by atoms with Gasteiger partial charge in [-0.05, 0) is 103 Å². The monoisotopic (exact) mass is 889 g/mol. The summed E-state index contributed by atoms with van der Waals surface area (Å²) in [5.74, 6) is -5.43. The molecule has 1 amide bonds. The molecule has 0 radical (unpaired) electrons. The van der Waals surface area contributed by atoms with E-state index in [-0.39, 0.29) is 53.5 Å². The fourth-order valence-corrected chi connectivity index (χ4v) is 7.61. The van der Waals surface area contributed by atoms with Crippen LogP contribution in [0.15, 0.2) is 95.5 Å². The van der Waals surface area contributed by atoms with Gasteiger partial charge in [0.25, 0.3) is 21.6 Å². The minimum absolute atomic E-state index is 0.0888. The van der Waals surface area contributed by atoms with E-state index in [4.69, 9.17) is 33.4 Å². The zero-order valence-corrected chi connectivity index (χ0v) is 33.6. The van der Waals surface area contributed by atoms with Gasteiger partial charge in [-0.2, -0.15) is 0 Å². The van der Waals surface area contributed by atoms with Crippen molar-refractivity contribution in [1.29, 1.82) is 0 Å². The molecule has 4 heterocycles. The summed E-state index contributed by atoms with van der Waals surface area (Å²) in [4.78, 5) is 30.1. The Hall–Kier alpha value is -5.48. The number of amides is 1. The lowest BCUT2D eigenvalue weighted by molar-refractivity contribution is -0.384. The molecule has 5 aromatic rings. The van der Waals surface area contributed by atoms with Gasteiger partial charge in [-0.25, -0.2) is 18.1 Å². The molecule has 320 valence electrons. The molecule has 3 N–H and O–H groups in total. The number of H-pyrrole nitrogens is 1. The maximum absolute atomic E-state index is 14.5. The Morgan fingerprint density at radius 2 is 1.95 bits per heavy atom. The smallest absolute Gasteiger partial charge is 0.293 e. The number of nitro benzene ring substituents is 1. The van der Waals surface area contributed by atoms with E-state index in [2.05, 4.69) is 15.3 Å². The van der Waals surface area contributed by atoms with Crippen LogP contribution >= 0.6 is 11.6 Å². The second-order valence-corrected chi connectivity index (χ2v) is 16.4.